The Morgan fingerprint density at radius 2 is 1.66 bits per heavy atom. The van der Waals surface area contributed by atoms with Crippen LogP contribution in [0.3, 0.4) is 0 Å². The Morgan fingerprint density at radius 1 is 0.971 bits per heavy atom. The van der Waals surface area contributed by atoms with Crippen LogP contribution >= 0.6 is 11.6 Å². The lowest BCUT2D eigenvalue weighted by Gasteiger charge is -2.39. The molecule has 0 saturated carbocycles. The maximum absolute atomic E-state index is 11.0. The molecule has 2 amide bonds. The van der Waals surface area contributed by atoms with E-state index in [1.165, 1.54) is 11.1 Å². The summed E-state index contributed by atoms with van der Waals surface area (Å²) in [6.07, 6.45) is 0. The molecule has 1 aliphatic rings. The van der Waals surface area contributed by atoms with Crippen LogP contribution in [0.4, 0.5) is 4.79 Å². The fraction of sp³-hybridized carbons (Fsp3) is 0.296. The highest BCUT2D eigenvalue weighted by Crippen LogP contribution is 2.30. The molecule has 3 N–H and O–H groups in total. The lowest BCUT2D eigenvalue weighted by atomic mass is 9.96. The first-order valence-electron chi connectivity index (χ1n) is 11.7. The summed E-state index contributed by atoms with van der Waals surface area (Å²) in [5.41, 5.74) is 8.35. The number of nitrogens with two attached hydrogens (primary N) is 1. The molecule has 7 nitrogen and oxygen atoms in total. The Labute approximate surface area is 211 Å². The van der Waals surface area contributed by atoms with Crippen LogP contribution in [-0.2, 0) is 6.54 Å². The molecule has 0 unspecified atom stereocenters. The molecule has 0 aliphatic carbocycles. The second-order valence-corrected chi connectivity index (χ2v) is 9.07. The molecular weight excluding hydrogens is 464 g/mol. The zero-order valence-corrected chi connectivity index (χ0v) is 20.3. The summed E-state index contributed by atoms with van der Waals surface area (Å²) in [6.45, 7) is 5.22. The number of urea groups is 1. The second kappa shape index (κ2) is 12.0. The lowest BCUT2D eigenvalue weighted by molar-refractivity contribution is -0.0470. The molecule has 0 aromatic heterocycles. The number of ether oxygens (including phenoxy) is 1. The van der Waals surface area contributed by atoms with Gasteiger partial charge in [0.15, 0.2) is 0 Å². The summed E-state index contributed by atoms with van der Waals surface area (Å²) in [4.78, 5) is 16.0. The smallest absolute Gasteiger partial charge is 0.338 e. The third kappa shape index (κ3) is 6.96. The topological polar surface area (TPSA) is 82.3 Å². The lowest BCUT2D eigenvalue weighted by Crippen LogP contribution is -2.48. The zero-order valence-electron chi connectivity index (χ0n) is 19.6. The Kier molecular flexibility index (Phi) is 8.60. The number of amides is 2. The average molecular weight is 495 g/mol. The predicted molar refractivity (Wildman–Crippen MR) is 137 cm³/mol. The highest BCUT2D eigenvalue weighted by atomic mass is 35.5. The first-order valence-corrected chi connectivity index (χ1v) is 12.1. The molecule has 8 heteroatoms. The highest BCUT2D eigenvalue weighted by molar-refractivity contribution is 6.30. The minimum atomic E-state index is -0.888. The minimum absolute atomic E-state index is 0.0185. The van der Waals surface area contributed by atoms with E-state index in [0.29, 0.717) is 17.4 Å². The fourth-order valence-electron chi connectivity index (χ4n) is 4.42. The van der Waals surface area contributed by atoms with E-state index in [-0.39, 0.29) is 12.6 Å². The summed E-state index contributed by atoms with van der Waals surface area (Å²) in [5, 5.41) is 10.8. The summed E-state index contributed by atoms with van der Waals surface area (Å²) in [5.74, 6) is 0.700. The number of halogens is 1. The number of hydrogen-bond donors (Lipinski definition) is 2. The van der Waals surface area contributed by atoms with Gasteiger partial charge in [-0.2, -0.15) is 0 Å². The van der Waals surface area contributed by atoms with Crippen molar-refractivity contribution in [3.8, 4) is 5.75 Å². The largest absolute Gasteiger partial charge is 0.492 e. The van der Waals surface area contributed by atoms with Gasteiger partial charge in [-0.1, -0.05) is 66.2 Å². The molecule has 35 heavy (non-hydrogen) atoms. The van der Waals surface area contributed by atoms with Crippen LogP contribution in [0.5, 0.6) is 5.75 Å². The van der Waals surface area contributed by atoms with Gasteiger partial charge in [0.05, 0.1) is 12.6 Å². The molecule has 3 aromatic carbocycles. The first-order chi connectivity index (χ1) is 17.0. The normalized spacial score (nSPS) is 15.5. The Balaban J connectivity index is 1.30. The van der Waals surface area contributed by atoms with Crippen LogP contribution in [0.2, 0.25) is 5.02 Å². The van der Waals surface area contributed by atoms with Crippen molar-refractivity contribution in [3.63, 3.8) is 0 Å². The molecule has 1 fully saturated rings. The van der Waals surface area contributed by atoms with Gasteiger partial charge >= 0.3 is 6.03 Å². The zero-order chi connectivity index (χ0) is 24.6. The number of hydroxylamine groups is 2. The van der Waals surface area contributed by atoms with Crippen LogP contribution in [0.15, 0.2) is 78.9 Å². The number of carbonyl (C=O) groups excluding carboxylic acids is 1. The maximum Gasteiger partial charge on any atom is 0.338 e. The average Bonchev–Trinajstić information content (AvgIpc) is 2.87. The van der Waals surface area contributed by atoms with Gasteiger partial charge in [-0.05, 0) is 41.0 Å². The SMILES string of the molecule is NC(=O)N(O)Cc1cccc(OCCN2CCN([C@H](c3ccccc3)c3ccc(Cl)cc3)CC2)c1. The van der Waals surface area contributed by atoms with Crippen LogP contribution in [0.25, 0.3) is 0 Å². The number of piperazine rings is 1. The maximum atomic E-state index is 11.0. The van der Waals surface area contributed by atoms with Crippen molar-refractivity contribution in [2.24, 2.45) is 5.73 Å². The van der Waals surface area contributed by atoms with Crippen LogP contribution in [0, 0.1) is 0 Å². The van der Waals surface area contributed by atoms with Crippen molar-refractivity contribution in [2.75, 3.05) is 39.3 Å². The molecule has 1 heterocycles. The molecule has 184 valence electrons. The van der Waals surface area contributed by atoms with Gasteiger partial charge in [-0.15, -0.1) is 0 Å². The number of primary amides is 1. The van der Waals surface area contributed by atoms with Crippen LogP contribution < -0.4 is 10.5 Å². The number of nitrogens with zero attached hydrogens (tertiary/aromatic N) is 3. The van der Waals surface area contributed by atoms with E-state index >= 15 is 0 Å². The van der Waals surface area contributed by atoms with Crippen molar-refractivity contribution < 1.29 is 14.7 Å². The van der Waals surface area contributed by atoms with Crippen molar-refractivity contribution in [2.45, 2.75) is 12.6 Å². The quantitative estimate of drug-likeness (QED) is 0.340. The number of hydrogen-bond acceptors (Lipinski definition) is 5. The van der Waals surface area contributed by atoms with Crippen molar-refractivity contribution in [3.05, 3.63) is 101 Å². The summed E-state index contributed by atoms with van der Waals surface area (Å²) in [7, 11) is 0. The number of carbonyl (C=O) groups is 1. The number of benzene rings is 3. The molecule has 0 bridgehead atoms. The Bertz CT molecular complexity index is 1090. The van der Waals surface area contributed by atoms with Gasteiger partial charge in [-0.25, -0.2) is 9.86 Å². The van der Waals surface area contributed by atoms with Crippen LogP contribution in [0.1, 0.15) is 22.7 Å². The van der Waals surface area contributed by atoms with Gasteiger partial charge < -0.3 is 10.5 Å². The predicted octanol–water partition coefficient (Wildman–Crippen LogP) is 4.40. The third-order valence-corrected chi connectivity index (χ3v) is 6.49. The first kappa shape index (κ1) is 25.0. The molecule has 0 spiro atoms. The summed E-state index contributed by atoms with van der Waals surface area (Å²) >= 11 is 6.14. The van der Waals surface area contributed by atoms with E-state index in [2.05, 4.69) is 46.2 Å². The summed E-state index contributed by atoms with van der Waals surface area (Å²) in [6, 6.07) is 25.4. The van der Waals surface area contributed by atoms with Crippen LogP contribution in [-0.4, -0.2) is 65.4 Å². The van der Waals surface area contributed by atoms with Gasteiger partial charge in [0.25, 0.3) is 0 Å². The molecule has 1 aliphatic heterocycles. The molecule has 3 aromatic rings. The molecular formula is C27H31ClN4O3. The molecule has 4 rings (SSSR count). The van der Waals surface area contributed by atoms with Gasteiger partial charge in [0.2, 0.25) is 0 Å². The van der Waals surface area contributed by atoms with E-state index in [1.807, 2.05) is 36.4 Å². The van der Waals surface area contributed by atoms with Gasteiger partial charge in [-0.3, -0.25) is 15.0 Å². The highest BCUT2D eigenvalue weighted by Gasteiger charge is 2.26. The van der Waals surface area contributed by atoms with E-state index < -0.39 is 6.03 Å². The second-order valence-electron chi connectivity index (χ2n) is 8.63. The van der Waals surface area contributed by atoms with E-state index in [1.54, 1.807) is 6.07 Å². The third-order valence-electron chi connectivity index (χ3n) is 6.23. The monoisotopic (exact) mass is 494 g/mol. The standard InChI is InChI=1S/C27H31ClN4O3/c28-24-11-9-23(10-12-24)26(22-6-2-1-3-7-22)31-15-13-30(14-16-31)17-18-35-25-8-4-5-21(19-25)20-32(34)27(29)33/h1-12,19,26,34H,13-18,20H2,(H2,29,33)/t26-/m1/s1. The van der Waals surface area contributed by atoms with Gasteiger partial charge in [0.1, 0.15) is 12.4 Å². The van der Waals surface area contributed by atoms with Crippen molar-refractivity contribution in [1.29, 1.82) is 0 Å². The number of rotatable bonds is 9. The van der Waals surface area contributed by atoms with Crippen molar-refractivity contribution in [1.82, 2.24) is 14.9 Å². The Morgan fingerprint density at radius 3 is 2.34 bits per heavy atom. The van der Waals surface area contributed by atoms with Crippen molar-refractivity contribution >= 4 is 17.6 Å². The van der Waals surface area contributed by atoms with E-state index in [9.17, 15) is 10.0 Å². The molecule has 1 atom stereocenters. The Hall–Kier alpha value is -3.10. The minimum Gasteiger partial charge on any atom is -0.492 e. The molecule has 0 radical (unpaired) electrons. The van der Waals surface area contributed by atoms with E-state index in [4.69, 9.17) is 22.1 Å². The fourth-order valence-corrected chi connectivity index (χ4v) is 4.54. The summed E-state index contributed by atoms with van der Waals surface area (Å²) < 4.78 is 5.93. The van der Waals surface area contributed by atoms with E-state index in [0.717, 1.165) is 43.3 Å². The van der Waals surface area contributed by atoms with Gasteiger partial charge in [0, 0.05) is 37.7 Å². The molecule has 1 saturated heterocycles.